The van der Waals surface area contributed by atoms with Crippen LogP contribution < -0.4 is 11.5 Å². The van der Waals surface area contributed by atoms with Gasteiger partial charge in [0, 0.05) is 29.7 Å². The minimum atomic E-state index is -0.636. The van der Waals surface area contributed by atoms with Gasteiger partial charge in [-0.15, -0.1) is 0 Å². The van der Waals surface area contributed by atoms with Gasteiger partial charge < -0.3 is 16.0 Å². The molecule has 1 aromatic rings. The lowest BCUT2D eigenvalue weighted by Crippen LogP contribution is -2.40. The Morgan fingerprint density at radius 2 is 2.27 bits per heavy atom. The largest absolute Gasteiger partial charge is 0.399 e. The summed E-state index contributed by atoms with van der Waals surface area (Å²) >= 11 is 6.18. The normalized spacial score (nSPS) is 26.1. The van der Waals surface area contributed by atoms with Crippen LogP contribution in [-0.2, 0) is 12.6 Å². The fourth-order valence-corrected chi connectivity index (χ4v) is 2.16. The summed E-state index contributed by atoms with van der Waals surface area (Å²) in [6.07, 6.45) is 6.21. The molecule has 1 heterocycles. The molecule has 4 heteroatoms. The molecule has 1 aliphatic carbocycles. The minimum absolute atomic E-state index is 0.587. The Morgan fingerprint density at radius 1 is 1.53 bits per heavy atom. The van der Waals surface area contributed by atoms with E-state index in [1.165, 1.54) is 0 Å². The van der Waals surface area contributed by atoms with E-state index >= 15 is 0 Å². The molecule has 2 rings (SSSR count). The van der Waals surface area contributed by atoms with E-state index in [0.29, 0.717) is 17.2 Å². The number of aromatic nitrogens is 1. The van der Waals surface area contributed by atoms with Crippen LogP contribution in [0.25, 0.3) is 0 Å². The first-order valence-corrected chi connectivity index (χ1v) is 5.16. The third-order valence-electron chi connectivity index (χ3n) is 2.78. The first kappa shape index (κ1) is 10.3. The highest BCUT2D eigenvalue weighted by Gasteiger charge is 2.34. The molecule has 0 saturated heterocycles. The number of hydrogen-bond donors (Lipinski definition) is 2. The Morgan fingerprint density at radius 3 is 2.80 bits per heavy atom. The average Bonchev–Trinajstić information content (AvgIpc) is 2.59. The maximum atomic E-state index is 6.31. The highest BCUT2D eigenvalue weighted by atomic mass is 35.5. The number of hydrogen-bond acceptors (Lipinski definition) is 2. The van der Waals surface area contributed by atoms with Crippen molar-refractivity contribution in [1.29, 1.82) is 0 Å². The fraction of sp³-hybridized carbons (Fsp3) is 0.273. The maximum absolute atomic E-state index is 6.31. The van der Waals surface area contributed by atoms with Gasteiger partial charge in [-0.2, -0.15) is 0 Å². The standard InChI is InChI=1S/C11H14ClN3/c1-15-6-2-3-10(15)11(14)5-4-8(13)7-9(11)12/h2-4,6-7H,5,13-14H2,1H3. The predicted molar refractivity (Wildman–Crippen MR) is 62.1 cm³/mol. The molecule has 0 fully saturated rings. The maximum Gasteiger partial charge on any atom is 0.0961 e. The predicted octanol–water partition coefficient (Wildman–Crippen LogP) is 1.55. The van der Waals surface area contributed by atoms with Crippen molar-refractivity contribution in [3.63, 3.8) is 0 Å². The van der Waals surface area contributed by atoms with Gasteiger partial charge >= 0.3 is 0 Å². The quantitative estimate of drug-likeness (QED) is 0.759. The van der Waals surface area contributed by atoms with Crippen molar-refractivity contribution in [2.45, 2.75) is 12.0 Å². The Hall–Kier alpha value is -1.19. The molecule has 1 atom stereocenters. The summed E-state index contributed by atoms with van der Waals surface area (Å²) in [6, 6.07) is 3.93. The molecule has 0 aromatic carbocycles. The molecule has 0 saturated carbocycles. The van der Waals surface area contributed by atoms with Crippen LogP contribution in [0.15, 0.2) is 41.2 Å². The van der Waals surface area contributed by atoms with Gasteiger partial charge in [0.2, 0.25) is 0 Å². The van der Waals surface area contributed by atoms with Gasteiger partial charge in [0.25, 0.3) is 0 Å². The van der Waals surface area contributed by atoms with Gasteiger partial charge in [-0.3, -0.25) is 0 Å². The van der Waals surface area contributed by atoms with Crippen molar-refractivity contribution in [1.82, 2.24) is 4.57 Å². The number of aryl methyl sites for hydroxylation is 1. The third-order valence-corrected chi connectivity index (χ3v) is 3.23. The second kappa shape index (κ2) is 3.43. The SMILES string of the molecule is Cn1cccc1C1(N)CC=C(N)C=C1Cl. The van der Waals surface area contributed by atoms with Crippen LogP contribution in [0.2, 0.25) is 0 Å². The molecule has 15 heavy (non-hydrogen) atoms. The van der Waals surface area contributed by atoms with Crippen LogP contribution in [0.4, 0.5) is 0 Å². The van der Waals surface area contributed by atoms with Gasteiger partial charge in [-0.05, 0) is 24.6 Å². The zero-order valence-electron chi connectivity index (χ0n) is 8.57. The molecule has 0 aliphatic heterocycles. The first-order chi connectivity index (χ1) is 7.04. The van der Waals surface area contributed by atoms with Crippen LogP contribution in [0.1, 0.15) is 12.1 Å². The molecule has 1 aromatic heterocycles. The van der Waals surface area contributed by atoms with Gasteiger partial charge in [0.05, 0.1) is 5.54 Å². The Bertz CT molecular complexity index is 444. The number of rotatable bonds is 1. The monoisotopic (exact) mass is 223 g/mol. The van der Waals surface area contributed by atoms with Crippen LogP contribution in [0.5, 0.6) is 0 Å². The van der Waals surface area contributed by atoms with E-state index < -0.39 is 5.54 Å². The van der Waals surface area contributed by atoms with Crippen LogP contribution in [0, 0.1) is 0 Å². The van der Waals surface area contributed by atoms with Gasteiger partial charge in [0.1, 0.15) is 0 Å². The lowest BCUT2D eigenvalue weighted by molar-refractivity contribution is 0.511. The number of nitrogens with zero attached hydrogens (tertiary/aromatic N) is 1. The summed E-state index contributed by atoms with van der Waals surface area (Å²) in [4.78, 5) is 0. The summed E-state index contributed by atoms with van der Waals surface area (Å²) in [7, 11) is 1.95. The minimum Gasteiger partial charge on any atom is -0.399 e. The van der Waals surface area contributed by atoms with Gasteiger partial charge in [-0.1, -0.05) is 17.7 Å². The zero-order valence-corrected chi connectivity index (χ0v) is 9.33. The molecule has 0 radical (unpaired) electrons. The van der Waals surface area contributed by atoms with E-state index in [1.54, 1.807) is 6.08 Å². The van der Waals surface area contributed by atoms with Crippen molar-refractivity contribution in [3.8, 4) is 0 Å². The molecule has 1 unspecified atom stereocenters. The van der Waals surface area contributed by atoms with E-state index in [4.69, 9.17) is 23.1 Å². The molecular formula is C11H14ClN3. The van der Waals surface area contributed by atoms with Crippen molar-refractivity contribution in [2.75, 3.05) is 0 Å². The second-order valence-corrected chi connectivity index (χ2v) is 4.28. The van der Waals surface area contributed by atoms with Gasteiger partial charge in [0.15, 0.2) is 0 Å². The fourth-order valence-electron chi connectivity index (χ4n) is 1.86. The van der Waals surface area contributed by atoms with Crippen molar-refractivity contribution < 1.29 is 0 Å². The molecule has 0 bridgehead atoms. The molecule has 4 N–H and O–H groups in total. The summed E-state index contributed by atoms with van der Waals surface area (Å²) in [6.45, 7) is 0. The van der Waals surface area contributed by atoms with Crippen molar-refractivity contribution in [3.05, 3.63) is 46.9 Å². The third kappa shape index (κ3) is 1.58. The highest BCUT2D eigenvalue weighted by Crippen LogP contribution is 2.36. The highest BCUT2D eigenvalue weighted by molar-refractivity contribution is 6.31. The summed E-state index contributed by atoms with van der Waals surface area (Å²) in [5.74, 6) is 0. The molecular weight excluding hydrogens is 210 g/mol. The number of nitrogens with two attached hydrogens (primary N) is 2. The lowest BCUT2D eigenvalue weighted by atomic mass is 9.87. The van der Waals surface area contributed by atoms with Crippen LogP contribution in [-0.4, -0.2) is 4.57 Å². The molecule has 0 spiro atoms. The van der Waals surface area contributed by atoms with E-state index in [9.17, 15) is 0 Å². The average molecular weight is 224 g/mol. The Kier molecular flexibility index (Phi) is 2.37. The van der Waals surface area contributed by atoms with Gasteiger partial charge in [-0.25, -0.2) is 0 Å². The molecule has 1 aliphatic rings. The van der Waals surface area contributed by atoms with E-state index in [2.05, 4.69) is 0 Å². The summed E-state index contributed by atoms with van der Waals surface area (Å²) in [5.41, 5.74) is 13.0. The van der Waals surface area contributed by atoms with Crippen LogP contribution in [0.3, 0.4) is 0 Å². The molecule has 0 amide bonds. The number of allylic oxidation sites excluding steroid dienone is 1. The van der Waals surface area contributed by atoms with E-state index in [0.717, 1.165) is 5.69 Å². The topological polar surface area (TPSA) is 57.0 Å². The molecule has 3 nitrogen and oxygen atoms in total. The van der Waals surface area contributed by atoms with Crippen molar-refractivity contribution in [2.24, 2.45) is 18.5 Å². The number of halogens is 1. The van der Waals surface area contributed by atoms with Crippen molar-refractivity contribution >= 4 is 11.6 Å². The lowest BCUT2D eigenvalue weighted by Gasteiger charge is -2.31. The smallest absolute Gasteiger partial charge is 0.0961 e. The van der Waals surface area contributed by atoms with E-state index in [1.807, 2.05) is 36.0 Å². The molecule has 80 valence electrons. The Balaban J connectivity index is 2.46. The van der Waals surface area contributed by atoms with Crippen LogP contribution >= 0.6 is 11.6 Å². The summed E-state index contributed by atoms with van der Waals surface area (Å²) in [5, 5.41) is 0.587. The van der Waals surface area contributed by atoms with E-state index in [-0.39, 0.29) is 0 Å². The second-order valence-electron chi connectivity index (χ2n) is 3.88. The Labute approximate surface area is 94.0 Å². The summed E-state index contributed by atoms with van der Waals surface area (Å²) < 4.78 is 1.98. The zero-order chi connectivity index (χ0) is 11.1. The first-order valence-electron chi connectivity index (χ1n) is 4.78.